The number of halogens is 2. The maximum absolute atomic E-state index is 13.1. The summed E-state index contributed by atoms with van der Waals surface area (Å²) in [6, 6.07) is 1.47. The van der Waals surface area contributed by atoms with E-state index >= 15 is 0 Å². The molecule has 3 nitrogen and oxygen atoms in total. The normalized spacial score (nSPS) is 10.2. The van der Waals surface area contributed by atoms with Crippen LogP contribution in [0.5, 0.6) is 0 Å². The Hall–Kier alpha value is -1.49. The first kappa shape index (κ1) is 10.6. The van der Waals surface area contributed by atoms with Crippen LogP contribution in [0.2, 0.25) is 0 Å². The molecule has 0 saturated heterocycles. The average molecular weight is 202 g/mol. The van der Waals surface area contributed by atoms with E-state index in [0.717, 1.165) is 6.07 Å². The fourth-order valence-electron chi connectivity index (χ4n) is 1.02. The topological polar surface area (TPSA) is 46.5 Å². The highest BCUT2D eigenvalue weighted by Crippen LogP contribution is 2.15. The Morgan fingerprint density at radius 2 is 2.07 bits per heavy atom. The molecule has 0 heterocycles. The second-order valence-electron chi connectivity index (χ2n) is 2.66. The minimum absolute atomic E-state index is 0.00463. The van der Waals surface area contributed by atoms with Crippen molar-refractivity contribution in [2.45, 2.75) is 6.61 Å². The molecule has 0 aliphatic heterocycles. The van der Waals surface area contributed by atoms with E-state index in [0.29, 0.717) is 6.07 Å². The molecule has 0 spiro atoms. The van der Waals surface area contributed by atoms with Crippen molar-refractivity contribution >= 4 is 5.97 Å². The lowest BCUT2D eigenvalue weighted by Gasteiger charge is -2.04. The molecule has 0 fully saturated rings. The molecular weight excluding hydrogens is 194 g/mol. The lowest BCUT2D eigenvalue weighted by Crippen LogP contribution is -2.04. The van der Waals surface area contributed by atoms with Gasteiger partial charge in [0.25, 0.3) is 0 Å². The zero-order chi connectivity index (χ0) is 10.7. The fourth-order valence-corrected chi connectivity index (χ4v) is 1.02. The van der Waals surface area contributed by atoms with Crippen molar-refractivity contribution in [2.75, 3.05) is 7.11 Å². The quantitative estimate of drug-likeness (QED) is 0.813. The van der Waals surface area contributed by atoms with Crippen molar-refractivity contribution in [3.63, 3.8) is 0 Å². The SMILES string of the molecule is COCc1cc(F)c(C(=O)O)cc1F. The molecule has 0 radical (unpaired) electrons. The molecule has 1 rings (SSSR count). The van der Waals surface area contributed by atoms with Gasteiger partial charge in [-0.15, -0.1) is 0 Å². The number of aromatic carboxylic acids is 1. The van der Waals surface area contributed by atoms with E-state index in [-0.39, 0.29) is 12.2 Å². The molecule has 76 valence electrons. The largest absolute Gasteiger partial charge is 0.478 e. The van der Waals surface area contributed by atoms with Gasteiger partial charge in [-0.3, -0.25) is 0 Å². The number of carboxylic acids is 1. The minimum atomic E-state index is -1.50. The first-order chi connectivity index (χ1) is 6.56. The predicted octanol–water partition coefficient (Wildman–Crippen LogP) is 1.81. The molecule has 0 aromatic heterocycles. The summed E-state index contributed by atoms with van der Waals surface area (Å²) in [5.74, 6) is -3.25. The second kappa shape index (κ2) is 4.15. The number of hydrogen-bond acceptors (Lipinski definition) is 2. The van der Waals surface area contributed by atoms with Crippen LogP contribution >= 0.6 is 0 Å². The zero-order valence-electron chi connectivity index (χ0n) is 7.38. The molecule has 0 bridgehead atoms. The number of methoxy groups -OCH3 is 1. The number of ether oxygens (including phenoxy) is 1. The first-order valence-corrected chi connectivity index (χ1v) is 3.76. The van der Waals surface area contributed by atoms with Gasteiger partial charge in [-0.25, -0.2) is 13.6 Å². The van der Waals surface area contributed by atoms with Gasteiger partial charge < -0.3 is 9.84 Å². The maximum Gasteiger partial charge on any atom is 0.338 e. The predicted molar refractivity (Wildman–Crippen MR) is 44.0 cm³/mol. The van der Waals surface area contributed by atoms with Crippen LogP contribution in [0.4, 0.5) is 8.78 Å². The average Bonchev–Trinajstić information content (AvgIpc) is 2.10. The molecule has 1 N–H and O–H groups in total. The van der Waals surface area contributed by atoms with E-state index in [1.54, 1.807) is 0 Å². The lowest BCUT2D eigenvalue weighted by molar-refractivity contribution is 0.0691. The Morgan fingerprint density at radius 1 is 1.43 bits per heavy atom. The summed E-state index contributed by atoms with van der Waals surface area (Å²) in [6.07, 6.45) is 0. The standard InChI is InChI=1S/C9H8F2O3/c1-14-4-5-2-8(11)6(9(12)13)3-7(5)10/h2-3H,4H2,1H3,(H,12,13). The Bertz CT molecular complexity index is 363. The first-order valence-electron chi connectivity index (χ1n) is 3.76. The summed E-state index contributed by atoms with van der Waals surface area (Å²) >= 11 is 0. The minimum Gasteiger partial charge on any atom is -0.478 e. The molecule has 0 saturated carbocycles. The lowest BCUT2D eigenvalue weighted by atomic mass is 10.1. The highest BCUT2D eigenvalue weighted by molar-refractivity contribution is 5.87. The van der Waals surface area contributed by atoms with Gasteiger partial charge in [-0.05, 0) is 12.1 Å². The molecule has 1 aromatic rings. The zero-order valence-corrected chi connectivity index (χ0v) is 7.38. The third-order valence-corrected chi connectivity index (χ3v) is 1.67. The summed E-state index contributed by atoms with van der Waals surface area (Å²) < 4.78 is 30.7. The van der Waals surface area contributed by atoms with Crippen molar-refractivity contribution < 1.29 is 23.4 Å². The van der Waals surface area contributed by atoms with Crippen molar-refractivity contribution in [3.05, 3.63) is 34.9 Å². The van der Waals surface area contributed by atoms with Crippen LogP contribution in [0.15, 0.2) is 12.1 Å². The monoisotopic (exact) mass is 202 g/mol. The van der Waals surface area contributed by atoms with Crippen molar-refractivity contribution in [1.82, 2.24) is 0 Å². The maximum atomic E-state index is 13.1. The van der Waals surface area contributed by atoms with Crippen LogP contribution in [0.3, 0.4) is 0 Å². The number of hydrogen-bond donors (Lipinski definition) is 1. The number of carbonyl (C=O) groups is 1. The van der Waals surface area contributed by atoms with Gasteiger partial charge in [0.1, 0.15) is 11.6 Å². The van der Waals surface area contributed by atoms with E-state index in [4.69, 9.17) is 5.11 Å². The Kier molecular flexibility index (Phi) is 3.14. The number of rotatable bonds is 3. The molecule has 0 aliphatic rings. The van der Waals surface area contributed by atoms with Crippen LogP contribution in [-0.4, -0.2) is 18.2 Å². The van der Waals surface area contributed by atoms with Crippen molar-refractivity contribution in [3.8, 4) is 0 Å². The van der Waals surface area contributed by atoms with Gasteiger partial charge in [-0.1, -0.05) is 0 Å². The summed E-state index contributed by atoms with van der Waals surface area (Å²) in [5, 5.41) is 8.47. The molecule has 0 unspecified atom stereocenters. The van der Waals surface area contributed by atoms with Crippen LogP contribution in [0.1, 0.15) is 15.9 Å². The van der Waals surface area contributed by atoms with Gasteiger partial charge in [0.05, 0.1) is 12.2 Å². The van der Waals surface area contributed by atoms with Crippen molar-refractivity contribution in [2.24, 2.45) is 0 Å². The van der Waals surface area contributed by atoms with E-state index in [1.165, 1.54) is 7.11 Å². The number of benzene rings is 1. The third-order valence-electron chi connectivity index (χ3n) is 1.67. The molecule has 0 aliphatic carbocycles. The van der Waals surface area contributed by atoms with Gasteiger partial charge in [0, 0.05) is 12.7 Å². The van der Waals surface area contributed by atoms with Crippen LogP contribution in [0, 0.1) is 11.6 Å². The summed E-state index contributed by atoms with van der Waals surface area (Å²) in [4.78, 5) is 10.4. The third kappa shape index (κ3) is 2.05. The van der Waals surface area contributed by atoms with Gasteiger partial charge >= 0.3 is 5.97 Å². The van der Waals surface area contributed by atoms with E-state index < -0.39 is 23.2 Å². The van der Waals surface area contributed by atoms with Gasteiger partial charge in [0.15, 0.2) is 0 Å². The highest BCUT2D eigenvalue weighted by Gasteiger charge is 2.14. The summed E-state index contributed by atoms with van der Waals surface area (Å²) in [6.45, 7) is -0.0946. The molecule has 0 amide bonds. The molecule has 14 heavy (non-hydrogen) atoms. The summed E-state index contributed by atoms with van der Waals surface area (Å²) in [7, 11) is 1.34. The fraction of sp³-hybridized carbons (Fsp3) is 0.222. The van der Waals surface area contributed by atoms with Crippen LogP contribution in [0.25, 0.3) is 0 Å². The van der Waals surface area contributed by atoms with Crippen molar-refractivity contribution in [1.29, 1.82) is 0 Å². The Balaban J connectivity index is 3.17. The van der Waals surface area contributed by atoms with E-state index in [9.17, 15) is 13.6 Å². The van der Waals surface area contributed by atoms with Gasteiger partial charge in [-0.2, -0.15) is 0 Å². The van der Waals surface area contributed by atoms with E-state index in [2.05, 4.69) is 4.74 Å². The Morgan fingerprint density at radius 3 is 2.57 bits per heavy atom. The number of carboxylic acid groups (broad SMARTS) is 1. The molecule has 5 heteroatoms. The van der Waals surface area contributed by atoms with E-state index in [1.807, 2.05) is 0 Å². The smallest absolute Gasteiger partial charge is 0.338 e. The van der Waals surface area contributed by atoms with Crippen LogP contribution in [-0.2, 0) is 11.3 Å². The molecular formula is C9H8F2O3. The molecule has 0 atom stereocenters. The van der Waals surface area contributed by atoms with Gasteiger partial charge in [0.2, 0.25) is 0 Å². The van der Waals surface area contributed by atoms with Crippen LogP contribution < -0.4 is 0 Å². The summed E-state index contributed by atoms with van der Waals surface area (Å²) in [5.41, 5.74) is -0.683. The highest BCUT2D eigenvalue weighted by atomic mass is 19.1. The second-order valence-corrected chi connectivity index (χ2v) is 2.66. The Labute approximate surface area is 78.9 Å². The molecule has 1 aromatic carbocycles.